The average Bonchev–Trinajstić information content (AvgIpc) is 2.81. The second kappa shape index (κ2) is 5.38. The van der Waals surface area contributed by atoms with Crippen LogP contribution in [0.2, 0.25) is 0 Å². The summed E-state index contributed by atoms with van der Waals surface area (Å²) in [6.07, 6.45) is 2.87. The predicted molar refractivity (Wildman–Crippen MR) is 66.5 cm³/mol. The van der Waals surface area contributed by atoms with Crippen molar-refractivity contribution >= 4 is 22.8 Å². The fraction of sp³-hybridized carbons (Fsp3) is 0.167. The van der Waals surface area contributed by atoms with Gasteiger partial charge in [-0.3, -0.25) is 9.89 Å². The van der Waals surface area contributed by atoms with E-state index in [-0.39, 0.29) is 23.5 Å². The number of benzene rings is 1. The Morgan fingerprint density at radius 2 is 2.37 bits per heavy atom. The Morgan fingerprint density at radius 1 is 1.58 bits per heavy atom. The van der Waals surface area contributed by atoms with E-state index in [1.165, 1.54) is 19.1 Å². The van der Waals surface area contributed by atoms with E-state index >= 15 is 0 Å². The minimum Gasteiger partial charge on any atom is -0.359 e. The molecule has 0 atom stereocenters. The molecular weight excluding hydrogens is 253 g/mol. The van der Waals surface area contributed by atoms with Crippen LogP contribution >= 0.6 is 0 Å². The maximum absolute atomic E-state index is 13.8. The van der Waals surface area contributed by atoms with E-state index < -0.39 is 5.82 Å². The van der Waals surface area contributed by atoms with Gasteiger partial charge in [-0.2, -0.15) is 5.10 Å². The molecule has 0 saturated heterocycles. The molecule has 0 bridgehead atoms. The molecule has 0 aliphatic heterocycles. The quantitative estimate of drug-likeness (QED) is 0.510. The second-order valence-corrected chi connectivity index (χ2v) is 3.90. The van der Waals surface area contributed by atoms with Crippen LogP contribution in [-0.2, 0) is 9.63 Å². The van der Waals surface area contributed by atoms with Crippen LogP contribution in [0.4, 0.5) is 4.39 Å². The van der Waals surface area contributed by atoms with E-state index in [1.807, 2.05) is 0 Å². The minimum atomic E-state index is -0.505. The molecule has 19 heavy (non-hydrogen) atoms. The topological polar surface area (TPSA) is 84.4 Å². The largest absolute Gasteiger partial charge is 0.359 e. The molecule has 7 heteroatoms. The first-order chi connectivity index (χ1) is 9.11. The van der Waals surface area contributed by atoms with Crippen molar-refractivity contribution in [3.8, 4) is 0 Å². The lowest BCUT2D eigenvalue weighted by molar-refractivity contribution is -0.114. The third-order valence-electron chi connectivity index (χ3n) is 2.61. The van der Waals surface area contributed by atoms with Crippen molar-refractivity contribution in [2.24, 2.45) is 5.34 Å². The number of fused-ring (bicyclic) bond motifs is 1. The van der Waals surface area contributed by atoms with Crippen molar-refractivity contribution in [1.29, 1.82) is 0 Å². The number of hydrogen-bond acceptors (Lipinski definition) is 5. The van der Waals surface area contributed by atoms with Crippen LogP contribution < -0.4 is 0 Å². The molecule has 0 aliphatic carbocycles. The SMILES string of the molecule is CC(=O)/C(=C/c1cc2cn[nH]c2cc1F)CON=O. The number of carbonyl (C=O) groups is 1. The molecule has 0 saturated carbocycles. The van der Waals surface area contributed by atoms with Crippen molar-refractivity contribution < 1.29 is 14.0 Å². The highest BCUT2D eigenvalue weighted by Crippen LogP contribution is 2.19. The highest BCUT2D eigenvalue weighted by molar-refractivity contribution is 5.98. The number of nitrogens with zero attached hydrogens (tertiary/aromatic N) is 2. The Bertz CT molecular complexity index is 663. The van der Waals surface area contributed by atoms with Crippen LogP contribution in [0.3, 0.4) is 0 Å². The summed E-state index contributed by atoms with van der Waals surface area (Å²) < 4.78 is 13.8. The molecule has 0 aliphatic rings. The Hall–Kier alpha value is -2.57. The van der Waals surface area contributed by atoms with Gasteiger partial charge in [0.15, 0.2) is 11.1 Å². The summed E-state index contributed by atoms with van der Waals surface area (Å²) in [6.45, 7) is 1.01. The number of nitrogens with one attached hydrogen (secondary N) is 1. The molecule has 1 heterocycles. The molecule has 1 N–H and O–H groups in total. The van der Waals surface area contributed by atoms with Crippen LogP contribution in [0.5, 0.6) is 0 Å². The maximum Gasteiger partial charge on any atom is 0.159 e. The fourth-order valence-corrected chi connectivity index (χ4v) is 1.62. The van der Waals surface area contributed by atoms with Gasteiger partial charge in [0.1, 0.15) is 12.4 Å². The van der Waals surface area contributed by atoms with Crippen molar-refractivity contribution in [2.75, 3.05) is 6.61 Å². The molecule has 1 aromatic carbocycles. The lowest BCUT2D eigenvalue weighted by Gasteiger charge is -2.02. The number of aromatic amines is 1. The normalized spacial score (nSPS) is 11.6. The standard InChI is InChI=1S/C12H10FN3O3/c1-7(17)10(6-19-16-18)3-8-2-9-5-14-15-12(9)4-11(8)13/h2-5H,6H2,1H3,(H,14,15)/b10-3+. The summed E-state index contributed by atoms with van der Waals surface area (Å²) in [5.41, 5.74) is 0.930. The van der Waals surface area contributed by atoms with Crippen LogP contribution in [0.25, 0.3) is 17.0 Å². The van der Waals surface area contributed by atoms with Gasteiger partial charge < -0.3 is 4.84 Å². The van der Waals surface area contributed by atoms with E-state index in [9.17, 15) is 14.1 Å². The van der Waals surface area contributed by atoms with Crippen LogP contribution in [0.15, 0.2) is 29.2 Å². The van der Waals surface area contributed by atoms with E-state index in [0.29, 0.717) is 10.9 Å². The van der Waals surface area contributed by atoms with E-state index in [0.717, 1.165) is 0 Å². The Balaban J connectivity index is 2.43. The zero-order valence-electron chi connectivity index (χ0n) is 10.0. The third kappa shape index (κ3) is 2.82. The van der Waals surface area contributed by atoms with Gasteiger partial charge in [0.2, 0.25) is 0 Å². The average molecular weight is 263 g/mol. The molecule has 2 aromatic rings. The summed E-state index contributed by atoms with van der Waals surface area (Å²) in [4.78, 5) is 25.5. The number of H-pyrrole nitrogens is 1. The number of Topliss-reactive ketones (excluding diaryl/α,β-unsaturated/α-hetero) is 1. The molecule has 0 spiro atoms. The van der Waals surface area contributed by atoms with E-state index in [2.05, 4.69) is 20.4 Å². The lowest BCUT2D eigenvalue weighted by Crippen LogP contribution is -2.03. The summed E-state index contributed by atoms with van der Waals surface area (Å²) in [5.74, 6) is -0.829. The first kappa shape index (κ1) is 12.9. The monoisotopic (exact) mass is 263 g/mol. The molecule has 6 nitrogen and oxygen atoms in total. The van der Waals surface area contributed by atoms with Gasteiger partial charge >= 0.3 is 0 Å². The van der Waals surface area contributed by atoms with Crippen LogP contribution in [0, 0.1) is 10.7 Å². The van der Waals surface area contributed by atoms with Gasteiger partial charge in [-0.25, -0.2) is 4.39 Å². The number of halogens is 1. The van der Waals surface area contributed by atoms with E-state index in [4.69, 9.17) is 0 Å². The number of aromatic nitrogens is 2. The highest BCUT2D eigenvalue weighted by Gasteiger charge is 2.09. The third-order valence-corrected chi connectivity index (χ3v) is 2.61. The van der Waals surface area contributed by atoms with Crippen LogP contribution in [0.1, 0.15) is 12.5 Å². The molecule has 1 aromatic heterocycles. The van der Waals surface area contributed by atoms with Crippen molar-refractivity contribution in [1.82, 2.24) is 10.2 Å². The summed E-state index contributed by atoms with van der Waals surface area (Å²) in [6, 6.07) is 2.83. The number of hydrogen-bond donors (Lipinski definition) is 1. The number of carbonyl (C=O) groups excluding carboxylic acids is 1. The van der Waals surface area contributed by atoms with Crippen molar-refractivity contribution in [3.63, 3.8) is 0 Å². The van der Waals surface area contributed by atoms with Crippen molar-refractivity contribution in [3.05, 3.63) is 40.2 Å². The Morgan fingerprint density at radius 3 is 3.05 bits per heavy atom. The predicted octanol–water partition coefficient (Wildman–Crippen LogP) is 2.37. The molecule has 0 fully saturated rings. The molecule has 98 valence electrons. The van der Waals surface area contributed by atoms with Gasteiger partial charge in [-0.1, -0.05) is 0 Å². The summed E-state index contributed by atoms with van der Waals surface area (Å²) in [7, 11) is 0. The summed E-state index contributed by atoms with van der Waals surface area (Å²) >= 11 is 0. The lowest BCUT2D eigenvalue weighted by atomic mass is 10.1. The molecule has 2 rings (SSSR count). The first-order valence-electron chi connectivity index (χ1n) is 5.40. The van der Waals surface area contributed by atoms with Gasteiger partial charge in [0.25, 0.3) is 0 Å². The molecule has 0 radical (unpaired) electrons. The van der Waals surface area contributed by atoms with Crippen LogP contribution in [-0.4, -0.2) is 22.6 Å². The highest BCUT2D eigenvalue weighted by atomic mass is 19.1. The Labute approximate surface area is 107 Å². The first-order valence-corrected chi connectivity index (χ1v) is 5.40. The van der Waals surface area contributed by atoms with E-state index in [1.54, 1.807) is 12.3 Å². The Kier molecular flexibility index (Phi) is 3.65. The fourth-order valence-electron chi connectivity index (χ4n) is 1.62. The number of ketones is 1. The second-order valence-electron chi connectivity index (χ2n) is 3.90. The zero-order valence-corrected chi connectivity index (χ0v) is 10.0. The molecule has 0 unspecified atom stereocenters. The van der Waals surface area contributed by atoms with Gasteiger partial charge in [0.05, 0.1) is 11.7 Å². The maximum atomic E-state index is 13.8. The van der Waals surface area contributed by atoms with Gasteiger partial charge in [-0.05, 0) is 19.1 Å². The van der Waals surface area contributed by atoms with Gasteiger partial charge in [0, 0.05) is 22.6 Å². The van der Waals surface area contributed by atoms with Gasteiger partial charge in [-0.15, -0.1) is 4.91 Å². The molecular formula is C12H10FN3O3. The smallest absolute Gasteiger partial charge is 0.159 e. The minimum absolute atomic E-state index is 0.154. The molecule has 0 amide bonds. The van der Waals surface area contributed by atoms with Crippen molar-refractivity contribution in [2.45, 2.75) is 6.92 Å². The number of rotatable bonds is 5. The summed E-state index contributed by atoms with van der Waals surface area (Å²) in [5, 5.41) is 9.35. The zero-order chi connectivity index (χ0) is 13.8.